The molecule has 0 aromatic carbocycles. The number of aliphatic hydroxyl groups is 1. The average Bonchev–Trinajstić information content (AvgIpc) is 2.64. The van der Waals surface area contributed by atoms with Crippen molar-refractivity contribution < 1.29 is 14.3 Å². The minimum atomic E-state index is 0.0701. The van der Waals surface area contributed by atoms with E-state index in [1.807, 2.05) is 19.1 Å². The van der Waals surface area contributed by atoms with E-state index < -0.39 is 0 Å². The molecule has 1 unspecified atom stereocenters. The molecule has 1 rings (SSSR count). The van der Waals surface area contributed by atoms with E-state index >= 15 is 0 Å². The van der Waals surface area contributed by atoms with Gasteiger partial charge in [0.25, 0.3) is 0 Å². The van der Waals surface area contributed by atoms with Crippen LogP contribution in [-0.4, -0.2) is 31.5 Å². The van der Waals surface area contributed by atoms with Crippen molar-refractivity contribution >= 4 is 15.9 Å². The lowest BCUT2D eigenvalue weighted by molar-refractivity contribution is 0.0925. The zero-order valence-corrected chi connectivity index (χ0v) is 10.3. The van der Waals surface area contributed by atoms with Crippen LogP contribution < -0.4 is 5.32 Å². The quantitative estimate of drug-likeness (QED) is 0.745. The van der Waals surface area contributed by atoms with Gasteiger partial charge < -0.3 is 19.6 Å². The highest BCUT2D eigenvalue weighted by Gasteiger charge is 2.08. The molecule has 0 radical (unpaired) electrons. The number of furan rings is 1. The molecule has 5 heteroatoms. The second-order valence-electron chi connectivity index (χ2n) is 3.15. The molecule has 1 aromatic rings. The van der Waals surface area contributed by atoms with E-state index in [0.717, 1.165) is 17.0 Å². The smallest absolute Gasteiger partial charge is 0.169 e. The molecule has 0 bridgehead atoms. The van der Waals surface area contributed by atoms with Crippen LogP contribution in [0.5, 0.6) is 0 Å². The summed E-state index contributed by atoms with van der Waals surface area (Å²) in [7, 11) is 0. The Bertz CT molecular complexity index is 277. The monoisotopic (exact) mass is 277 g/mol. The van der Waals surface area contributed by atoms with Crippen molar-refractivity contribution in [1.82, 2.24) is 5.32 Å². The van der Waals surface area contributed by atoms with Gasteiger partial charge in [0.15, 0.2) is 4.67 Å². The minimum absolute atomic E-state index is 0.0701. The average molecular weight is 278 g/mol. The molecule has 0 aliphatic rings. The van der Waals surface area contributed by atoms with E-state index in [4.69, 9.17) is 14.3 Å². The van der Waals surface area contributed by atoms with Gasteiger partial charge in [-0.25, -0.2) is 0 Å². The largest absolute Gasteiger partial charge is 0.453 e. The maximum atomic E-state index is 8.49. The van der Waals surface area contributed by atoms with Crippen LogP contribution in [-0.2, 0) is 4.74 Å². The number of ether oxygens (including phenoxy) is 1. The molecule has 1 heterocycles. The lowest BCUT2D eigenvalue weighted by atomic mass is 10.2. The predicted molar refractivity (Wildman–Crippen MR) is 60.7 cm³/mol. The Morgan fingerprint density at radius 2 is 2.33 bits per heavy atom. The Balaban J connectivity index is 2.16. The summed E-state index contributed by atoms with van der Waals surface area (Å²) in [6.07, 6.45) is 0. The molecule has 0 aliphatic carbocycles. The van der Waals surface area contributed by atoms with Gasteiger partial charge in [-0.3, -0.25) is 0 Å². The molecule has 0 fully saturated rings. The maximum absolute atomic E-state index is 8.49. The van der Waals surface area contributed by atoms with Gasteiger partial charge in [0, 0.05) is 6.54 Å². The molecule has 0 saturated carbocycles. The van der Waals surface area contributed by atoms with Crippen LogP contribution in [0.2, 0.25) is 0 Å². The van der Waals surface area contributed by atoms with Crippen molar-refractivity contribution in [3.8, 4) is 0 Å². The van der Waals surface area contributed by atoms with Crippen LogP contribution in [0.4, 0.5) is 0 Å². The number of hydrogen-bond donors (Lipinski definition) is 2. The number of aliphatic hydroxyl groups excluding tert-OH is 1. The van der Waals surface area contributed by atoms with Crippen LogP contribution in [0.3, 0.4) is 0 Å². The summed E-state index contributed by atoms with van der Waals surface area (Å²) in [5, 5.41) is 11.7. The van der Waals surface area contributed by atoms with Gasteiger partial charge in [0.05, 0.1) is 25.9 Å². The van der Waals surface area contributed by atoms with Crippen LogP contribution in [0.25, 0.3) is 0 Å². The second kappa shape index (κ2) is 7.00. The predicted octanol–water partition coefficient (Wildman–Crippen LogP) is 1.70. The third-order valence-electron chi connectivity index (χ3n) is 1.95. The Morgan fingerprint density at radius 3 is 2.93 bits per heavy atom. The van der Waals surface area contributed by atoms with Gasteiger partial charge in [-0.2, -0.15) is 0 Å². The van der Waals surface area contributed by atoms with Gasteiger partial charge in [-0.05, 0) is 35.0 Å². The van der Waals surface area contributed by atoms with Crippen molar-refractivity contribution in [2.75, 3.05) is 26.4 Å². The SMILES string of the molecule is CC(NCCOCCO)c1ccc(Br)o1. The number of hydrogen-bond acceptors (Lipinski definition) is 4. The third kappa shape index (κ3) is 4.79. The summed E-state index contributed by atoms with van der Waals surface area (Å²) in [5.41, 5.74) is 0. The first kappa shape index (κ1) is 12.7. The van der Waals surface area contributed by atoms with E-state index in [0.29, 0.717) is 13.2 Å². The van der Waals surface area contributed by atoms with Crippen molar-refractivity contribution in [1.29, 1.82) is 0 Å². The van der Waals surface area contributed by atoms with Crippen molar-refractivity contribution in [3.63, 3.8) is 0 Å². The Morgan fingerprint density at radius 1 is 1.53 bits per heavy atom. The standard InChI is InChI=1S/C10H16BrNO3/c1-8(9-2-3-10(11)15-9)12-4-6-14-7-5-13/h2-3,8,12-13H,4-7H2,1H3. The van der Waals surface area contributed by atoms with Crippen LogP contribution in [0.15, 0.2) is 21.2 Å². The maximum Gasteiger partial charge on any atom is 0.169 e. The van der Waals surface area contributed by atoms with Gasteiger partial charge in [0.1, 0.15) is 5.76 Å². The summed E-state index contributed by atoms with van der Waals surface area (Å²) in [5.74, 6) is 0.893. The molecule has 1 atom stereocenters. The second-order valence-corrected chi connectivity index (χ2v) is 3.94. The van der Waals surface area contributed by atoms with Gasteiger partial charge in [0.2, 0.25) is 0 Å². The molecule has 0 aliphatic heterocycles. The van der Waals surface area contributed by atoms with E-state index in [2.05, 4.69) is 21.2 Å². The topological polar surface area (TPSA) is 54.6 Å². The number of rotatable bonds is 7. The lowest BCUT2D eigenvalue weighted by Crippen LogP contribution is -2.23. The van der Waals surface area contributed by atoms with Gasteiger partial charge >= 0.3 is 0 Å². The third-order valence-corrected chi connectivity index (χ3v) is 2.38. The fourth-order valence-electron chi connectivity index (χ4n) is 1.18. The molecular weight excluding hydrogens is 262 g/mol. The highest BCUT2D eigenvalue weighted by atomic mass is 79.9. The van der Waals surface area contributed by atoms with E-state index in [1.54, 1.807) is 0 Å². The minimum Gasteiger partial charge on any atom is -0.453 e. The molecule has 4 nitrogen and oxygen atoms in total. The number of halogens is 1. The molecule has 86 valence electrons. The van der Waals surface area contributed by atoms with Crippen molar-refractivity contribution in [2.24, 2.45) is 0 Å². The van der Waals surface area contributed by atoms with Crippen LogP contribution in [0.1, 0.15) is 18.7 Å². The Hall–Kier alpha value is -0.360. The normalized spacial score (nSPS) is 13.0. The zero-order valence-electron chi connectivity index (χ0n) is 8.70. The molecule has 0 saturated heterocycles. The van der Waals surface area contributed by atoms with E-state index in [-0.39, 0.29) is 12.6 Å². The molecule has 1 aromatic heterocycles. The first-order valence-electron chi connectivity index (χ1n) is 4.91. The highest BCUT2D eigenvalue weighted by molar-refractivity contribution is 9.10. The van der Waals surface area contributed by atoms with Crippen LogP contribution in [0, 0.1) is 0 Å². The summed E-state index contributed by atoms with van der Waals surface area (Å²) in [4.78, 5) is 0. The fraction of sp³-hybridized carbons (Fsp3) is 0.600. The zero-order chi connectivity index (χ0) is 11.1. The van der Waals surface area contributed by atoms with Crippen LogP contribution >= 0.6 is 15.9 Å². The number of nitrogens with one attached hydrogen (secondary N) is 1. The Kier molecular flexibility index (Phi) is 5.93. The lowest BCUT2D eigenvalue weighted by Gasteiger charge is -2.10. The van der Waals surface area contributed by atoms with E-state index in [9.17, 15) is 0 Å². The molecular formula is C10H16BrNO3. The summed E-state index contributed by atoms with van der Waals surface area (Å²) in [6, 6.07) is 3.96. The van der Waals surface area contributed by atoms with E-state index in [1.165, 1.54) is 0 Å². The Labute approximate surface area is 97.7 Å². The fourth-order valence-corrected chi connectivity index (χ4v) is 1.49. The first-order valence-corrected chi connectivity index (χ1v) is 5.70. The molecule has 15 heavy (non-hydrogen) atoms. The van der Waals surface area contributed by atoms with Crippen molar-refractivity contribution in [3.05, 3.63) is 22.6 Å². The highest BCUT2D eigenvalue weighted by Crippen LogP contribution is 2.19. The summed E-state index contributed by atoms with van der Waals surface area (Å²) in [6.45, 7) is 3.81. The van der Waals surface area contributed by atoms with Gasteiger partial charge in [-0.1, -0.05) is 0 Å². The summed E-state index contributed by atoms with van der Waals surface area (Å²) < 4.78 is 11.3. The van der Waals surface area contributed by atoms with Crippen molar-refractivity contribution in [2.45, 2.75) is 13.0 Å². The molecule has 0 amide bonds. The molecule has 2 N–H and O–H groups in total. The van der Waals surface area contributed by atoms with Gasteiger partial charge in [-0.15, -0.1) is 0 Å². The molecule has 0 spiro atoms. The summed E-state index contributed by atoms with van der Waals surface area (Å²) >= 11 is 3.26. The first-order chi connectivity index (χ1) is 7.24.